The molecule has 0 radical (unpaired) electrons. The Morgan fingerprint density at radius 3 is 3.00 bits per heavy atom. The molecule has 0 bridgehead atoms. The van der Waals surface area contributed by atoms with Crippen molar-refractivity contribution in [1.82, 2.24) is 5.32 Å². The second-order valence-corrected chi connectivity index (χ2v) is 3.71. The largest absolute Gasteiger partial charge is 0.319 e. The summed E-state index contributed by atoms with van der Waals surface area (Å²) in [7, 11) is 1.98. The Labute approximate surface area is 78.1 Å². The Morgan fingerprint density at radius 2 is 2.42 bits per heavy atom. The molecular weight excluding hydrogens is 166 g/mol. The molecule has 1 rings (SSSR count). The summed E-state index contributed by atoms with van der Waals surface area (Å²) in [5.74, 6) is 0. The van der Waals surface area contributed by atoms with Crippen molar-refractivity contribution >= 4 is 17.4 Å². The predicted octanol–water partition coefficient (Wildman–Crippen LogP) is 2.68. The minimum atomic E-state index is 1.06. The van der Waals surface area contributed by atoms with E-state index in [1.165, 1.54) is 10.4 Å². The van der Waals surface area contributed by atoms with Gasteiger partial charge in [0.2, 0.25) is 0 Å². The average Bonchev–Trinajstić information content (AvgIpc) is 2.46. The number of aryl methyl sites for hydroxylation is 1. The van der Waals surface area contributed by atoms with Crippen molar-refractivity contribution in [3.05, 3.63) is 28.0 Å². The third-order valence-electron chi connectivity index (χ3n) is 1.73. The molecule has 0 fully saturated rings. The lowest BCUT2D eigenvalue weighted by atomic mass is 10.2. The Balaban J connectivity index is 2.41. The summed E-state index contributed by atoms with van der Waals surface area (Å²) in [6.45, 7) is 3.20. The maximum absolute atomic E-state index is 3.11. The third kappa shape index (κ3) is 2.80. The van der Waals surface area contributed by atoms with Gasteiger partial charge in [-0.15, -0.1) is 11.3 Å². The maximum Gasteiger partial charge on any atom is 0.0296 e. The first-order valence-corrected chi connectivity index (χ1v) is 5.08. The van der Waals surface area contributed by atoms with Crippen LogP contribution in [0.25, 0.3) is 6.08 Å². The molecule has 0 spiro atoms. The van der Waals surface area contributed by atoms with Crippen LogP contribution in [0.3, 0.4) is 0 Å². The van der Waals surface area contributed by atoms with E-state index < -0.39 is 0 Å². The molecule has 2 heteroatoms. The van der Waals surface area contributed by atoms with Gasteiger partial charge in [-0.2, -0.15) is 0 Å². The third-order valence-corrected chi connectivity index (χ3v) is 2.72. The number of nitrogens with one attached hydrogen (secondary N) is 1. The van der Waals surface area contributed by atoms with E-state index in [1.807, 2.05) is 7.05 Å². The normalized spacial score (nSPS) is 11.2. The van der Waals surface area contributed by atoms with E-state index in [2.05, 4.69) is 35.8 Å². The summed E-state index contributed by atoms with van der Waals surface area (Å²) < 4.78 is 0. The first-order valence-electron chi connectivity index (χ1n) is 4.20. The highest BCUT2D eigenvalue weighted by Crippen LogP contribution is 2.16. The Hall–Kier alpha value is -0.600. The van der Waals surface area contributed by atoms with Crippen LogP contribution in [0.1, 0.15) is 16.9 Å². The summed E-state index contributed by atoms with van der Waals surface area (Å²) in [5.41, 5.74) is 1.38. The van der Waals surface area contributed by atoms with Crippen LogP contribution in [0.4, 0.5) is 0 Å². The Morgan fingerprint density at radius 1 is 1.58 bits per heavy atom. The minimum absolute atomic E-state index is 1.06. The quantitative estimate of drug-likeness (QED) is 0.704. The lowest BCUT2D eigenvalue weighted by Gasteiger charge is -1.91. The van der Waals surface area contributed by atoms with Gasteiger partial charge in [-0.05, 0) is 50.0 Å². The van der Waals surface area contributed by atoms with Gasteiger partial charge in [0.1, 0.15) is 0 Å². The van der Waals surface area contributed by atoms with Crippen molar-refractivity contribution in [2.45, 2.75) is 13.3 Å². The molecule has 66 valence electrons. The number of thiophene rings is 1. The summed E-state index contributed by atoms with van der Waals surface area (Å²) in [6.07, 6.45) is 5.53. The van der Waals surface area contributed by atoms with Crippen LogP contribution in [0.5, 0.6) is 0 Å². The molecule has 0 aliphatic rings. The first-order chi connectivity index (χ1) is 5.84. The fourth-order valence-corrected chi connectivity index (χ4v) is 1.82. The maximum atomic E-state index is 3.11. The highest BCUT2D eigenvalue weighted by atomic mass is 32.1. The molecule has 0 saturated heterocycles. The van der Waals surface area contributed by atoms with Crippen LogP contribution in [-0.4, -0.2) is 13.6 Å². The second-order valence-electron chi connectivity index (χ2n) is 2.76. The zero-order valence-corrected chi connectivity index (χ0v) is 8.45. The summed E-state index contributed by atoms with van der Waals surface area (Å²) in [6, 6.07) is 2.16. The van der Waals surface area contributed by atoms with E-state index in [0.717, 1.165) is 13.0 Å². The summed E-state index contributed by atoms with van der Waals surface area (Å²) in [5, 5.41) is 5.25. The molecule has 12 heavy (non-hydrogen) atoms. The van der Waals surface area contributed by atoms with Crippen LogP contribution < -0.4 is 5.32 Å². The van der Waals surface area contributed by atoms with Gasteiger partial charge in [0.15, 0.2) is 0 Å². The molecule has 1 aromatic heterocycles. The molecule has 0 amide bonds. The van der Waals surface area contributed by atoms with Gasteiger partial charge in [0.05, 0.1) is 0 Å². The molecule has 0 atom stereocenters. The van der Waals surface area contributed by atoms with Crippen LogP contribution in [0, 0.1) is 6.92 Å². The van der Waals surface area contributed by atoms with Gasteiger partial charge < -0.3 is 5.32 Å². The molecule has 0 aliphatic carbocycles. The van der Waals surface area contributed by atoms with E-state index in [9.17, 15) is 0 Å². The van der Waals surface area contributed by atoms with E-state index in [1.54, 1.807) is 11.3 Å². The van der Waals surface area contributed by atoms with Crippen LogP contribution in [0.2, 0.25) is 0 Å². The van der Waals surface area contributed by atoms with Crippen molar-refractivity contribution < 1.29 is 0 Å². The number of hydrogen-bond donors (Lipinski definition) is 1. The lowest BCUT2D eigenvalue weighted by Crippen LogP contribution is -2.05. The Kier molecular flexibility index (Phi) is 4.05. The van der Waals surface area contributed by atoms with Crippen LogP contribution in [-0.2, 0) is 0 Å². The van der Waals surface area contributed by atoms with Crippen molar-refractivity contribution in [2.75, 3.05) is 13.6 Å². The van der Waals surface area contributed by atoms with E-state index in [4.69, 9.17) is 0 Å². The van der Waals surface area contributed by atoms with Gasteiger partial charge in [-0.25, -0.2) is 0 Å². The first kappa shape index (κ1) is 9.49. The topological polar surface area (TPSA) is 12.0 Å². The van der Waals surface area contributed by atoms with Gasteiger partial charge in [0, 0.05) is 4.88 Å². The van der Waals surface area contributed by atoms with E-state index >= 15 is 0 Å². The summed E-state index contributed by atoms with van der Waals surface area (Å²) >= 11 is 1.80. The highest BCUT2D eigenvalue weighted by molar-refractivity contribution is 7.11. The Bertz CT molecular complexity index is 250. The molecule has 1 heterocycles. The average molecular weight is 181 g/mol. The minimum Gasteiger partial charge on any atom is -0.319 e. The lowest BCUT2D eigenvalue weighted by molar-refractivity contribution is 0.809. The van der Waals surface area contributed by atoms with E-state index in [-0.39, 0.29) is 0 Å². The van der Waals surface area contributed by atoms with Crippen LogP contribution in [0.15, 0.2) is 17.5 Å². The van der Waals surface area contributed by atoms with Gasteiger partial charge in [0.25, 0.3) is 0 Å². The van der Waals surface area contributed by atoms with Gasteiger partial charge in [-0.1, -0.05) is 6.08 Å². The molecule has 1 nitrogen and oxygen atoms in total. The second kappa shape index (κ2) is 5.12. The monoisotopic (exact) mass is 181 g/mol. The van der Waals surface area contributed by atoms with Crippen molar-refractivity contribution in [3.8, 4) is 0 Å². The van der Waals surface area contributed by atoms with Crippen molar-refractivity contribution in [2.24, 2.45) is 0 Å². The molecule has 1 N–H and O–H groups in total. The SMILES string of the molecule is CNCCC=Cc1sccc1C. The molecule has 0 aromatic carbocycles. The molecule has 1 aromatic rings. The van der Waals surface area contributed by atoms with E-state index in [0.29, 0.717) is 0 Å². The number of rotatable bonds is 4. The smallest absolute Gasteiger partial charge is 0.0296 e. The summed E-state index contributed by atoms with van der Waals surface area (Å²) in [4.78, 5) is 1.38. The number of hydrogen-bond acceptors (Lipinski definition) is 2. The van der Waals surface area contributed by atoms with Crippen LogP contribution >= 0.6 is 11.3 Å². The fourth-order valence-electron chi connectivity index (χ4n) is 0.973. The van der Waals surface area contributed by atoms with Gasteiger partial charge >= 0.3 is 0 Å². The zero-order chi connectivity index (χ0) is 8.81. The van der Waals surface area contributed by atoms with Crippen molar-refractivity contribution in [3.63, 3.8) is 0 Å². The highest BCUT2D eigenvalue weighted by Gasteiger charge is 1.92. The molecule has 0 unspecified atom stereocenters. The zero-order valence-electron chi connectivity index (χ0n) is 7.63. The molecular formula is C10H15NS. The molecule has 0 aliphatic heterocycles. The predicted molar refractivity (Wildman–Crippen MR) is 56.6 cm³/mol. The van der Waals surface area contributed by atoms with Crippen molar-refractivity contribution in [1.29, 1.82) is 0 Å². The molecule has 0 saturated carbocycles. The van der Waals surface area contributed by atoms with Gasteiger partial charge in [-0.3, -0.25) is 0 Å². The fraction of sp³-hybridized carbons (Fsp3) is 0.400. The standard InChI is InChI=1S/C10H15NS/c1-9-6-8-12-10(9)5-3-4-7-11-2/h3,5-6,8,11H,4,7H2,1-2H3.